The molecule has 4 nitrogen and oxygen atoms in total. The summed E-state index contributed by atoms with van der Waals surface area (Å²) in [5, 5.41) is 8.87. The number of carbonyl (C=O) groups is 1. The Balaban J connectivity index is 2.64. The normalized spacial score (nSPS) is 10.6. The van der Waals surface area contributed by atoms with Crippen LogP contribution in [0.1, 0.15) is 22.4 Å². The lowest BCUT2D eigenvalue weighted by molar-refractivity contribution is -0.136. The van der Waals surface area contributed by atoms with E-state index in [0.717, 1.165) is 22.5 Å². The summed E-state index contributed by atoms with van der Waals surface area (Å²) in [6.45, 7) is 5.83. The van der Waals surface area contributed by atoms with Crippen LogP contribution in [0.3, 0.4) is 0 Å². The minimum atomic E-state index is -1.00. The monoisotopic (exact) mass is 271 g/mol. The lowest BCUT2D eigenvalue weighted by Gasteiger charge is -2.15. The van der Waals surface area contributed by atoms with E-state index in [-0.39, 0.29) is 11.8 Å². The third-order valence-electron chi connectivity index (χ3n) is 3.29. The topological polar surface area (TPSA) is 59.3 Å². The Morgan fingerprint density at radius 3 is 2.55 bits per heavy atom. The molecule has 0 bridgehead atoms. The first-order valence-corrected chi connectivity index (χ1v) is 6.40. The van der Waals surface area contributed by atoms with E-state index >= 15 is 0 Å². The molecule has 0 saturated heterocycles. The van der Waals surface area contributed by atoms with Crippen molar-refractivity contribution in [3.63, 3.8) is 0 Å². The smallest absolute Gasteiger partial charge is 0.308 e. The molecule has 0 amide bonds. The van der Waals surface area contributed by atoms with Crippen LogP contribution in [0.5, 0.6) is 0 Å². The highest BCUT2D eigenvalue weighted by molar-refractivity contribution is 5.70. The van der Waals surface area contributed by atoms with Gasteiger partial charge in [0.05, 0.1) is 6.42 Å². The summed E-state index contributed by atoms with van der Waals surface area (Å²) in [6, 6.07) is 7.55. The summed E-state index contributed by atoms with van der Waals surface area (Å²) in [6.07, 6.45) is 1.37. The zero-order valence-corrected chi connectivity index (χ0v) is 11.8. The number of benzene rings is 1. The lowest BCUT2D eigenvalue weighted by Crippen LogP contribution is -2.17. The van der Waals surface area contributed by atoms with Crippen LogP contribution in [-0.2, 0) is 11.2 Å². The summed E-state index contributed by atoms with van der Waals surface area (Å²) >= 11 is 0. The van der Waals surface area contributed by atoms with Gasteiger partial charge in [0.1, 0.15) is 0 Å². The first kappa shape index (κ1) is 14.1. The van der Waals surface area contributed by atoms with E-state index in [1.54, 1.807) is 6.20 Å². The average Bonchev–Trinajstić information content (AvgIpc) is 2.35. The molecule has 104 valence electrons. The zero-order chi connectivity index (χ0) is 14.9. The third kappa shape index (κ3) is 2.79. The van der Waals surface area contributed by atoms with E-state index in [1.165, 1.54) is 6.07 Å². The number of pyridine rings is 1. The van der Waals surface area contributed by atoms with Gasteiger partial charge in [-0.05, 0) is 38.0 Å². The third-order valence-corrected chi connectivity index (χ3v) is 3.29. The van der Waals surface area contributed by atoms with Crippen molar-refractivity contribution >= 4 is 5.97 Å². The molecule has 0 aliphatic heterocycles. The minimum Gasteiger partial charge on any atom is -0.481 e. The molecule has 0 aliphatic carbocycles. The standard InChI is InChI=1S/C16H17NO3/c1-10-4-5-11(2)14(6-10)17-9-13(8-16(19)20)15(18)7-12(17)3/h4-7,9H,8H2,1-3H3,(H,19,20). The van der Waals surface area contributed by atoms with Crippen molar-refractivity contribution < 1.29 is 9.90 Å². The Morgan fingerprint density at radius 1 is 1.20 bits per heavy atom. The molecule has 20 heavy (non-hydrogen) atoms. The van der Waals surface area contributed by atoms with Crippen LogP contribution in [0.15, 0.2) is 35.3 Å². The van der Waals surface area contributed by atoms with Gasteiger partial charge in [0, 0.05) is 29.2 Å². The molecule has 1 N–H and O–H groups in total. The highest BCUT2D eigenvalue weighted by Gasteiger charge is 2.10. The van der Waals surface area contributed by atoms with Crippen LogP contribution >= 0.6 is 0 Å². The minimum absolute atomic E-state index is 0.230. The fourth-order valence-corrected chi connectivity index (χ4v) is 2.21. The number of carboxylic acid groups (broad SMARTS) is 1. The Bertz CT molecular complexity index is 729. The molecule has 2 rings (SSSR count). The number of aliphatic carboxylic acids is 1. The van der Waals surface area contributed by atoms with Crippen LogP contribution in [0.25, 0.3) is 5.69 Å². The van der Waals surface area contributed by atoms with Gasteiger partial charge in [0.2, 0.25) is 0 Å². The first-order valence-electron chi connectivity index (χ1n) is 6.40. The van der Waals surface area contributed by atoms with Crippen LogP contribution in [0.4, 0.5) is 0 Å². The first-order chi connectivity index (χ1) is 9.38. The van der Waals surface area contributed by atoms with Gasteiger partial charge in [-0.2, -0.15) is 0 Å². The van der Waals surface area contributed by atoms with Gasteiger partial charge in [-0.15, -0.1) is 0 Å². The molecule has 0 aliphatic rings. The Hall–Kier alpha value is -2.36. The maximum absolute atomic E-state index is 11.8. The second kappa shape index (κ2) is 5.33. The van der Waals surface area contributed by atoms with Gasteiger partial charge in [-0.25, -0.2) is 0 Å². The highest BCUT2D eigenvalue weighted by atomic mass is 16.4. The largest absolute Gasteiger partial charge is 0.481 e. The average molecular weight is 271 g/mol. The maximum Gasteiger partial charge on any atom is 0.308 e. The van der Waals surface area contributed by atoms with Crippen molar-refractivity contribution in [2.45, 2.75) is 27.2 Å². The molecule has 0 saturated carbocycles. The molecule has 0 unspecified atom stereocenters. The van der Waals surface area contributed by atoms with E-state index < -0.39 is 5.97 Å². The van der Waals surface area contributed by atoms with Crippen LogP contribution in [0, 0.1) is 20.8 Å². The molecule has 1 aromatic heterocycles. The highest BCUT2D eigenvalue weighted by Crippen LogP contribution is 2.17. The maximum atomic E-state index is 11.8. The van der Waals surface area contributed by atoms with Gasteiger partial charge in [-0.1, -0.05) is 12.1 Å². The second-order valence-electron chi connectivity index (χ2n) is 5.03. The van der Waals surface area contributed by atoms with Crippen molar-refractivity contribution in [3.05, 3.63) is 63.1 Å². The van der Waals surface area contributed by atoms with Crippen molar-refractivity contribution in [1.82, 2.24) is 4.57 Å². The van der Waals surface area contributed by atoms with Crippen LogP contribution in [0.2, 0.25) is 0 Å². The number of hydrogen-bond donors (Lipinski definition) is 1. The molecule has 0 radical (unpaired) electrons. The number of carboxylic acids is 1. The summed E-state index contributed by atoms with van der Waals surface area (Å²) in [5.41, 5.74) is 4.01. The van der Waals surface area contributed by atoms with Crippen molar-refractivity contribution in [2.24, 2.45) is 0 Å². The number of hydrogen-bond acceptors (Lipinski definition) is 2. The molecule has 0 fully saturated rings. The van der Waals surface area contributed by atoms with Crippen molar-refractivity contribution in [1.29, 1.82) is 0 Å². The summed E-state index contributed by atoms with van der Waals surface area (Å²) < 4.78 is 1.88. The van der Waals surface area contributed by atoms with Crippen LogP contribution in [-0.4, -0.2) is 15.6 Å². The fourth-order valence-electron chi connectivity index (χ4n) is 2.21. The summed E-state index contributed by atoms with van der Waals surface area (Å²) in [7, 11) is 0. The predicted molar refractivity (Wildman–Crippen MR) is 77.6 cm³/mol. The predicted octanol–water partition coefficient (Wildman–Crippen LogP) is 2.39. The van der Waals surface area contributed by atoms with Gasteiger partial charge in [0.15, 0.2) is 5.43 Å². The van der Waals surface area contributed by atoms with E-state index in [1.807, 2.05) is 43.5 Å². The van der Waals surface area contributed by atoms with E-state index in [2.05, 4.69) is 0 Å². The molecule has 1 heterocycles. The summed E-state index contributed by atoms with van der Waals surface area (Å²) in [5.74, 6) is -1.00. The lowest BCUT2D eigenvalue weighted by atomic mass is 10.1. The van der Waals surface area contributed by atoms with Crippen molar-refractivity contribution in [2.75, 3.05) is 0 Å². The Labute approximate surface area is 117 Å². The van der Waals surface area contributed by atoms with Crippen LogP contribution < -0.4 is 5.43 Å². The number of aromatic nitrogens is 1. The zero-order valence-electron chi connectivity index (χ0n) is 11.8. The number of rotatable bonds is 3. The van der Waals surface area contributed by atoms with Gasteiger partial charge in [-0.3, -0.25) is 9.59 Å². The van der Waals surface area contributed by atoms with Gasteiger partial charge < -0.3 is 9.67 Å². The molecule has 0 atom stereocenters. The quantitative estimate of drug-likeness (QED) is 0.932. The van der Waals surface area contributed by atoms with E-state index in [9.17, 15) is 9.59 Å². The van der Waals surface area contributed by atoms with Gasteiger partial charge in [0.25, 0.3) is 0 Å². The van der Waals surface area contributed by atoms with Gasteiger partial charge >= 0.3 is 5.97 Å². The second-order valence-corrected chi connectivity index (χ2v) is 5.03. The molecular weight excluding hydrogens is 254 g/mol. The molecule has 0 spiro atoms. The Morgan fingerprint density at radius 2 is 1.90 bits per heavy atom. The number of nitrogens with zero attached hydrogens (tertiary/aromatic N) is 1. The summed E-state index contributed by atoms with van der Waals surface area (Å²) in [4.78, 5) is 22.7. The van der Waals surface area contributed by atoms with E-state index in [0.29, 0.717) is 5.56 Å². The fraction of sp³-hybridized carbons (Fsp3) is 0.250. The molecule has 4 heteroatoms. The SMILES string of the molecule is Cc1ccc(C)c(-n2cc(CC(=O)O)c(=O)cc2C)c1. The Kier molecular flexibility index (Phi) is 3.74. The molecule has 2 aromatic rings. The molecule has 1 aromatic carbocycles. The molecular formula is C16H17NO3. The van der Waals surface area contributed by atoms with Crippen molar-refractivity contribution in [3.8, 4) is 5.69 Å². The number of aryl methyl sites for hydroxylation is 3. The van der Waals surface area contributed by atoms with E-state index in [4.69, 9.17) is 5.11 Å².